The van der Waals surface area contributed by atoms with E-state index in [2.05, 4.69) is 61.0 Å². The average molecular weight is 486 g/mol. The third-order valence-corrected chi connectivity index (χ3v) is 7.44. The molecule has 8 nitrogen and oxygen atoms in total. The maximum atomic E-state index is 12.4. The quantitative estimate of drug-likeness (QED) is 0.656. The van der Waals surface area contributed by atoms with Crippen LogP contribution in [0.5, 0.6) is 0 Å². The number of nitrogens with zero attached hydrogens (tertiary/aromatic N) is 3. The summed E-state index contributed by atoms with van der Waals surface area (Å²) in [7, 11) is -0.384. The Labute approximate surface area is 211 Å². The van der Waals surface area contributed by atoms with E-state index in [0.29, 0.717) is 13.1 Å². The topological polar surface area (TPSA) is 66.5 Å². The molecular weight excluding hydrogens is 443 g/mol. The van der Waals surface area contributed by atoms with Crippen LogP contribution in [0.1, 0.15) is 54.0 Å². The zero-order valence-electron chi connectivity index (χ0n) is 22.6. The lowest BCUT2D eigenvalue weighted by Crippen LogP contribution is -2.49. The number of rotatable bonds is 4. The van der Waals surface area contributed by atoms with Crippen LogP contribution in [0.15, 0.2) is 18.2 Å². The Hall–Kier alpha value is -1.81. The lowest BCUT2D eigenvalue weighted by Gasteiger charge is -2.36. The van der Waals surface area contributed by atoms with E-state index < -0.39 is 5.60 Å². The summed E-state index contributed by atoms with van der Waals surface area (Å²) in [6.07, 6.45) is -0.221. The molecule has 0 saturated carbocycles. The number of ether oxygens (including phenoxy) is 1. The van der Waals surface area contributed by atoms with Gasteiger partial charge in [-0.05, 0) is 71.6 Å². The first-order valence-electron chi connectivity index (χ1n) is 13.0. The molecule has 0 unspecified atom stereocenters. The molecule has 0 aromatic heterocycles. The highest BCUT2D eigenvalue weighted by Gasteiger charge is 2.51. The van der Waals surface area contributed by atoms with Crippen molar-refractivity contribution in [3.8, 4) is 0 Å². The molecule has 35 heavy (non-hydrogen) atoms. The molecule has 0 radical (unpaired) electrons. The number of carbonyl (C=O) groups is 1. The van der Waals surface area contributed by atoms with E-state index in [1.54, 1.807) is 0 Å². The van der Waals surface area contributed by atoms with Crippen LogP contribution >= 0.6 is 0 Å². The standard InChI is InChI=1S/C26H43BN4O4/c1-24(2,3)33-23(32)31-14-12-29(13-15-31)19-20-16-21(27-34-25(4,5)26(6,7)35-27)18-22(17-20)30-10-8-28-9-11-30/h16-18,28H,8-15,19H2,1-7H3. The smallest absolute Gasteiger partial charge is 0.444 e. The highest BCUT2D eigenvalue weighted by molar-refractivity contribution is 6.62. The Kier molecular flexibility index (Phi) is 7.44. The van der Waals surface area contributed by atoms with Gasteiger partial charge in [0.2, 0.25) is 0 Å². The van der Waals surface area contributed by atoms with Crippen LogP contribution in [0.4, 0.5) is 10.5 Å². The van der Waals surface area contributed by atoms with Crippen molar-refractivity contribution in [2.45, 2.75) is 71.8 Å². The molecule has 0 atom stereocenters. The molecule has 0 spiro atoms. The normalized spacial score (nSPS) is 23.0. The fraction of sp³-hybridized carbons (Fsp3) is 0.731. The molecule has 1 N–H and O–H groups in total. The van der Waals surface area contributed by atoms with Crippen molar-refractivity contribution in [1.29, 1.82) is 0 Å². The number of anilines is 1. The zero-order chi connectivity index (χ0) is 25.4. The van der Waals surface area contributed by atoms with Gasteiger partial charge in [0.1, 0.15) is 5.60 Å². The van der Waals surface area contributed by atoms with Gasteiger partial charge in [0.05, 0.1) is 11.2 Å². The van der Waals surface area contributed by atoms with Crippen molar-refractivity contribution in [3.63, 3.8) is 0 Å². The van der Waals surface area contributed by atoms with Crippen molar-refractivity contribution in [2.75, 3.05) is 57.3 Å². The van der Waals surface area contributed by atoms with E-state index in [1.807, 2.05) is 25.7 Å². The third kappa shape index (κ3) is 6.31. The first-order chi connectivity index (χ1) is 16.3. The molecule has 3 aliphatic heterocycles. The van der Waals surface area contributed by atoms with Gasteiger partial charge in [-0.2, -0.15) is 0 Å². The van der Waals surface area contributed by atoms with Gasteiger partial charge in [0.25, 0.3) is 0 Å². The maximum absolute atomic E-state index is 12.4. The highest BCUT2D eigenvalue weighted by Crippen LogP contribution is 2.37. The summed E-state index contributed by atoms with van der Waals surface area (Å²) < 4.78 is 18.3. The van der Waals surface area contributed by atoms with Gasteiger partial charge in [-0.3, -0.25) is 4.90 Å². The van der Waals surface area contributed by atoms with Crippen molar-refractivity contribution < 1.29 is 18.8 Å². The van der Waals surface area contributed by atoms with Crippen LogP contribution in [-0.4, -0.2) is 92.2 Å². The van der Waals surface area contributed by atoms with Gasteiger partial charge < -0.3 is 29.2 Å². The maximum Gasteiger partial charge on any atom is 0.494 e. The van der Waals surface area contributed by atoms with Gasteiger partial charge in [0, 0.05) is 64.6 Å². The number of piperazine rings is 2. The highest BCUT2D eigenvalue weighted by atomic mass is 16.7. The second-order valence-corrected chi connectivity index (χ2v) is 12.0. The van der Waals surface area contributed by atoms with Crippen molar-refractivity contribution >= 4 is 24.4 Å². The number of amides is 1. The van der Waals surface area contributed by atoms with Crippen LogP contribution in [0, 0.1) is 0 Å². The summed E-state index contributed by atoms with van der Waals surface area (Å²) >= 11 is 0. The lowest BCUT2D eigenvalue weighted by molar-refractivity contribution is 0.00578. The molecular formula is C26H43BN4O4. The largest absolute Gasteiger partial charge is 0.494 e. The SMILES string of the molecule is CC(C)(C)OC(=O)N1CCN(Cc2cc(B3OC(C)(C)C(C)(C)O3)cc(N3CCNCC3)c2)CC1. The summed E-state index contributed by atoms with van der Waals surface area (Å²) in [6, 6.07) is 6.77. The number of nitrogens with one attached hydrogen (secondary N) is 1. The first kappa shape index (κ1) is 26.3. The predicted octanol–water partition coefficient (Wildman–Crippen LogP) is 2.45. The molecule has 1 aromatic rings. The monoisotopic (exact) mass is 486 g/mol. The summed E-state index contributed by atoms with van der Waals surface area (Å²) in [4.78, 5) is 19.1. The van der Waals surface area contributed by atoms with Gasteiger partial charge >= 0.3 is 13.2 Å². The Bertz CT molecular complexity index is 887. The summed E-state index contributed by atoms with van der Waals surface area (Å²) in [5, 5.41) is 3.44. The number of hydrogen-bond donors (Lipinski definition) is 1. The van der Waals surface area contributed by atoms with Crippen molar-refractivity contribution in [1.82, 2.24) is 15.1 Å². The summed E-state index contributed by atoms with van der Waals surface area (Å²) in [5.74, 6) is 0. The van der Waals surface area contributed by atoms with Crippen LogP contribution in [0.25, 0.3) is 0 Å². The molecule has 194 valence electrons. The summed E-state index contributed by atoms with van der Waals surface area (Å²) in [5.41, 5.74) is 2.32. The van der Waals surface area contributed by atoms with Crippen LogP contribution in [0.3, 0.4) is 0 Å². The first-order valence-corrected chi connectivity index (χ1v) is 13.0. The zero-order valence-corrected chi connectivity index (χ0v) is 22.6. The molecule has 0 bridgehead atoms. The fourth-order valence-corrected chi connectivity index (χ4v) is 4.69. The molecule has 4 rings (SSSR count). The van der Waals surface area contributed by atoms with Crippen LogP contribution in [-0.2, 0) is 20.6 Å². The van der Waals surface area contributed by atoms with Crippen molar-refractivity contribution in [3.05, 3.63) is 23.8 Å². The van der Waals surface area contributed by atoms with Gasteiger partial charge in [-0.1, -0.05) is 6.07 Å². The third-order valence-electron chi connectivity index (χ3n) is 7.44. The molecule has 0 aliphatic carbocycles. The minimum Gasteiger partial charge on any atom is -0.444 e. The molecule has 3 fully saturated rings. The molecule has 1 aromatic carbocycles. The minimum atomic E-state index is -0.470. The predicted molar refractivity (Wildman–Crippen MR) is 140 cm³/mol. The Morgan fingerprint density at radius 1 is 0.971 bits per heavy atom. The van der Waals surface area contributed by atoms with E-state index in [4.69, 9.17) is 14.0 Å². The fourth-order valence-electron chi connectivity index (χ4n) is 4.69. The van der Waals surface area contributed by atoms with E-state index in [-0.39, 0.29) is 24.4 Å². The van der Waals surface area contributed by atoms with Gasteiger partial charge in [-0.15, -0.1) is 0 Å². The number of carbonyl (C=O) groups excluding carboxylic acids is 1. The summed E-state index contributed by atoms with van der Waals surface area (Å²) in [6.45, 7) is 21.9. The van der Waals surface area contributed by atoms with Gasteiger partial charge in [-0.25, -0.2) is 4.79 Å². The molecule has 1 amide bonds. The minimum absolute atomic E-state index is 0.221. The lowest BCUT2D eigenvalue weighted by atomic mass is 9.78. The number of hydrogen-bond acceptors (Lipinski definition) is 7. The van der Waals surface area contributed by atoms with Crippen LogP contribution in [0.2, 0.25) is 0 Å². The van der Waals surface area contributed by atoms with Gasteiger partial charge in [0.15, 0.2) is 0 Å². The van der Waals surface area contributed by atoms with Crippen molar-refractivity contribution in [2.24, 2.45) is 0 Å². The second-order valence-electron chi connectivity index (χ2n) is 12.0. The Morgan fingerprint density at radius 3 is 2.14 bits per heavy atom. The Balaban J connectivity index is 1.48. The molecule has 3 aliphatic rings. The second kappa shape index (κ2) is 9.92. The van der Waals surface area contributed by atoms with E-state index in [9.17, 15) is 4.79 Å². The molecule has 3 saturated heterocycles. The van der Waals surface area contributed by atoms with E-state index in [0.717, 1.165) is 51.3 Å². The average Bonchev–Trinajstić information content (AvgIpc) is 3.00. The Morgan fingerprint density at radius 2 is 1.57 bits per heavy atom. The van der Waals surface area contributed by atoms with E-state index >= 15 is 0 Å². The number of benzene rings is 1. The molecule has 9 heteroatoms. The van der Waals surface area contributed by atoms with E-state index in [1.165, 1.54) is 11.3 Å². The van der Waals surface area contributed by atoms with Crippen LogP contribution < -0.4 is 15.7 Å². The molecule has 3 heterocycles.